The number of nitrogens with zero attached hydrogens (tertiary/aromatic N) is 3. The highest BCUT2D eigenvalue weighted by molar-refractivity contribution is 8.07. The van der Waals surface area contributed by atoms with Gasteiger partial charge in [-0.2, -0.15) is 17.6 Å². The van der Waals surface area contributed by atoms with Crippen LogP contribution in [0.3, 0.4) is 0 Å². The molecule has 8 nitrogen and oxygen atoms in total. The van der Waals surface area contributed by atoms with E-state index in [0.29, 0.717) is 27.6 Å². The topological polar surface area (TPSA) is 96.9 Å². The first-order chi connectivity index (χ1) is 19.0. The number of aromatic nitrogens is 1. The maximum absolute atomic E-state index is 13.6. The number of rotatable bonds is 10. The van der Waals surface area contributed by atoms with Crippen LogP contribution in [-0.4, -0.2) is 64.2 Å². The fourth-order valence-corrected chi connectivity index (χ4v) is 5.24. The van der Waals surface area contributed by atoms with Crippen LogP contribution < -0.4 is 16.4 Å². The van der Waals surface area contributed by atoms with Gasteiger partial charge in [0, 0.05) is 36.7 Å². The number of benzene rings is 1. The quantitative estimate of drug-likeness (QED) is 0.224. The molecule has 2 aliphatic heterocycles. The zero-order valence-corrected chi connectivity index (χ0v) is 23.7. The van der Waals surface area contributed by atoms with Crippen molar-refractivity contribution in [3.8, 4) is 11.8 Å². The second kappa shape index (κ2) is 12.8. The molecule has 0 bridgehead atoms. The molecule has 2 aromatic rings. The van der Waals surface area contributed by atoms with Gasteiger partial charge in [-0.1, -0.05) is 25.8 Å². The predicted molar refractivity (Wildman–Crippen MR) is 154 cm³/mol. The Hall–Kier alpha value is -3.43. The third kappa shape index (κ3) is 8.05. The highest BCUT2D eigenvalue weighted by atomic mass is 32.2. The van der Waals surface area contributed by atoms with E-state index in [1.165, 1.54) is 11.7 Å². The molecule has 2 aliphatic rings. The molecule has 0 spiro atoms. The van der Waals surface area contributed by atoms with Gasteiger partial charge in [-0.15, -0.1) is 0 Å². The van der Waals surface area contributed by atoms with Gasteiger partial charge < -0.3 is 30.6 Å². The Labute approximate surface area is 235 Å². The molecule has 12 heteroatoms. The van der Waals surface area contributed by atoms with Gasteiger partial charge in [0.2, 0.25) is 5.88 Å². The molecule has 216 valence electrons. The van der Waals surface area contributed by atoms with Gasteiger partial charge in [0.05, 0.1) is 30.6 Å². The van der Waals surface area contributed by atoms with Crippen LogP contribution in [-0.2, 0) is 22.3 Å². The smallest absolute Gasteiger partial charge is 0.406 e. The van der Waals surface area contributed by atoms with Crippen LogP contribution in [0.4, 0.5) is 18.9 Å². The number of piperidine rings is 1. The van der Waals surface area contributed by atoms with Crippen LogP contribution in [0.1, 0.15) is 32.4 Å². The van der Waals surface area contributed by atoms with Crippen LogP contribution in [0.2, 0.25) is 0 Å². The number of alkyl halides is 3. The Morgan fingerprint density at radius 3 is 2.67 bits per heavy atom. The molecule has 1 aromatic heterocycles. The highest BCUT2D eigenvalue weighted by Gasteiger charge is 2.30. The molecule has 1 atom stereocenters. The average Bonchev–Trinajstić information content (AvgIpc) is 3.50. The van der Waals surface area contributed by atoms with Gasteiger partial charge in [0.25, 0.3) is 0 Å². The molecule has 4 N–H and O–H groups in total. The second-order valence-corrected chi connectivity index (χ2v) is 11.3. The van der Waals surface area contributed by atoms with Crippen LogP contribution in [0.5, 0.6) is 0 Å². The van der Waals surface area contributed by atoms with Crippen molar-refractivity contribution in [3.63, 3.8) is 0 Å². The number of ether oxygens (including phenoxy) is 1. The standard InChI is InChI=1S/C28H35F3N6O2S/c1-19(2)17-36-14-11-20(12-15-36)34-23-7-4-8-25-22(23)16-21(37(25)18-28(29,30)31)6-5-13-33-24(27(32)39-3)9-10-26-35-40(26)38/h4,7-10,16,19-20,33-34H,11-15,17-18,32H2,1-3H3/b10-9-,27-24-. The van der Waals surface area contributed by atoms with E-state index >= 15 is 0 Å². The van der Waals surface area contributed by atoms with Crippen molar-refractivity contribution in [1.82, 2.24) is 14.8 Å². The third-order valence-corrected chi connectivity index (χ3v) is 7.41. The Bertz CT molecular complexity index is 1390. The van der Waals surface area contributed by atoms with E-state index < -0.39 is 23.7 Å². The van der Waals surface area contributed by atoms with E-state index in [-0.39, 0.29) is 24.2 Å². The maximum Gasteiger partial charge on any atom is 0.406 e. The van der Waals surface area contributed by atoms with E-state index in [4.69, 9.17) is 10.5 Å². The van der Waals surface area contributed by atoms with Crippen molar-refractivity contribution in [3.05, 3.63) is 53.7 Å². The number of hydrogen-bond acceptors (Lipinski definition) is 6. The Morgan fingerprint density at radius 1 is 1.32 bits per heavy atom. The molecule has 0 saturated carbocycles. The number of hydrogen-bond donors (Lipinski definition) is 3. The maximum atomic E-state index is 13.6. The van der Waals surface area contributed by atoms with Gasteiger partial charge in [-0.3, -0.25) is 0 Å². The highest BCUT2D eigenvalue weighted by Crippen LogP contribution is 2.31. The Balaban J connectivity index is 1.53. The summed E-state index contributed by atoms with van der Waals surface area (Å²) in [7, 11) is 0.105. The number of methoxy groups -OCH3 is 1. The van der Waals surface area contributed by atoms with Gasteiger partial charge in [-0.25, -0.2) is 4.21 Å². The number of halogens is 3. The van der Waals surface area contributed by atoms with Gasteiger partial charge in [0.1, 0.15) is 6.54 Å². The molecule has 1 fully saturated rings. The van der Waals surface area contributed by atoms with Crippen molar-refractivity contribution < 1.29 is 22.1 Å². The molecular formula is C28H35F3N6O2S. The number of likely N-dealkylation sites (tertiary alicyclic amines) is 1. The number of nitrogens with one attached hydrogen (secondary N) is 2. The van der Waals surface area contributed by atoms with Crippen LogP contribution >= 0.6 is 0 Å². The normalized spacial score (nSPS) is 18.9. The summed E-state index contributed by atoms with van der Waals surface area (Å²) in [4.78, 5) is 2.46. The van der Waals surface area contributed by atoms with Crippen LogP contribution in [0.25, 0.3) is 10.9 Å². The molecular weight excluding hydrogens is 541 g/mol. The van der Waals surface area contributed by atoms with E-state index in [1.807, 2.05) is 6.07 Å². The number of nitrogens with two attached hydrogens (primary N) is 1. The molecule has 1 aromatic carbocycles. The lowest BCUT2D eigenvalue weighted by molar-refractivity contribution is -0.140. The molecule has 40 heavy (non-hydrogen) atoms. The fraction of sp³-hybridized carbons (Fsp3) is 0.464. The molecule has 3 heterocycles. The Morgan fingerprint density at radius 2 is 2.05 bits per heavy atom. The van der Waals surface area contributed by atoms with Crippen molar-refractivity contribution >= 4 is 32.6 Å². The summed E-state index contributed by atoms with van der Waals surface area (Å²) in [6.45, 7) is 6.43. The minimum atomic E-state index is -4.41. The van der Waals surface area contributed by atoms with Crippen molar-refractivity contribution in [1.29, 1.82) is 0 Å². The van der Waals surface area contributed by atoms with Crippen LogP contribution in [0, 0.1) is 17.8 Å². The molecule has 4 rings (SSSR count). The second-order valence-electron chi connectivity index (χ2n) is 10.2. The lowest BCUT2D eigenvalue weighted by atomic mass is 10.0. The summed E-state index contributed by atoms with van der Waals surface area (Å²) in [5, 5.41) is 7.70. The number of allylic oxidation sites excluding steroid dienone is 1. The summed E-state index contributed by atoms with van der Waals surface area (Å²) in [6, 6.07) is 7.34. The molecule has 1 saturated heterocycles. The predicted octanol–water partition coefficient (Wildman–Crippen LogP) is 4.08. The van der Waals surface area contributed by atoms with Gasteiger partial charge >= 0.3 is 6.18 Å². The number of anilines is 1. The summed E-state index contributed by atoms with van der Waals surface area (Å²) in [5.74, 6) is 6.48. The minimum absolute atomic E-state index is 0.0852. The first-order valence-corrected chi connectivity index (χ1v) is 14.3. The van der Waals surface area contributed by atoms with Gasteiger partial charge in [0.15, 0.2) is 16.0 Å². The van der Waals surface area contributed by atoms with Crippen molar-refractivity contribution in [2.75, 3.05) is 38.6 Å². The van der Waals surface area contributed by atoms with Crippen molar-refractivity contribution in [2.45, 2.75) is 45.5 Å². The van der Waals surface area contributed by atoms with Gasteiger partial charge in [-0.05, 0) is 55.0 Å². The first kappa shape index (κ1) is 29.6. The molecule has 0 aliphatic carbocycles. The third-order valence-electron chi connectivity index (χ3n) is 6.63. The zero-order chi connectivity index (χ0) is 28.9. The lowest BCUT2D eigenvalue weighted by Gasteiger charge is -2.33. The van der Waals surface area contributed by atoms with Crippen molar-refractivity contribution in [2.24, 2.45) is 16.0 Å². The summed E-state index contributed by atoms with van der Waals surface area (Å²) in [6.07, 6.45) is 0.649. The summed E-state index contributed by atoms with van der Waals surface area (Å²) >= 11 is 0. The van der Waals surface area contributed by atoms with E-state index in [9.17, 15) is 17.4 Å². The monoisotopic (exact) mass is 576 g/mol. The lowest BCUT2D eigenvalue weighted by Crippen LogP contribution is -2.40. The van der Waals surface area contributed by atoms with E-state index in [2.05, 4.69) is 45.6 Å². The zero-order valence-electron chi connectivity index (χ0n) is 22.8. The first-order valence-electron chi connectivity index (χ1n) is 13.2. The van der Waals surface area contributed by atoms with Crippen LogP contribution in [0.15, 0.2) is 52.4 Å². The SMILES string of the molecule is CO/C(N)=C(/C=C\C1=NS1=O)NCC#Cc1cc2c(NC3CCN(CC(C)C)CC3)cccc2n1CC(F)(F)F. The largest absolute Gasteiger partial charge is 0.481 e. The minimum Gasteiger partial charge on any atom is -0.481 e. The molecule has 0 amide bonds. The summed E-state index contributed by atoms with van der Waals surface area (Å²) in [5.41, 5.74) is 7.80. The van der Waals surface area contributed by atoms with E-state index in [1.54, 1.807) is 30.4 Å². The Kier molecular flexibility index (Phi) is 9.48. The fourth-order valence-electron chi connectivity index (χ4n) is 4.78. The van der Waals surface area contributed by atoms with E-state index in [0.717, 1.165) is 38.2 Å². The summed E-state index contributed by atoms with van der Waals surface area (Å²) < 4.78 is 61.8. The average molecular weight is 577 g/mol. The molecule has 1 unspecified atom stereocenters. The number of fused-ring (bicyclic) bond motifs is 1. The molecule has 0 radical (unpaired) electrons.